The summed E-state index contributed by atoms with van der Waals surface area (Å²) in [6.07, 6.45) is 0. The fourth-order valence-electron chi connectivity index (χ4n) is 3.63. The summed E-state index contributed by atoms with van der Waals surface area (Å²) in [5.41, 5.74) is 2.77. The van der Waals surface area contributed by atoms with Gasteiger partial charge in [-0.15, -0.1) is 0 Å². The van der Waals surface area contributed by atoms with Crippen LogP contribution in [0.3, 0.4) is 0 Å². The zero-order valence-electron chi connectivity index (χ0n) is 12.6. The van der Waals surface area contributed by atoms with Crippen LogP contribution in [-0.4, -0.2) is 55.9 Å². The van der Waals surface area contributed by atoms with Crippen LogP contribution in [-0.2, 0) is 6.54 Å². The van der Waals surface area contributed by atoms with Gasteiger partial charge < -0.3 is 19.7 Å². The molecule has 4 rings (SSSR count). The Kier molecular flexibility index (Phi) is 3.49. The van der Waals surface area contributed by atoms with Gasteiger partial charge in [0, 0.05) is 45.3 Å². The molecule has 0 aromatic heterocycles. The highest BCUT2D eigenvalue weighted by molar-refractivity contribution is 5.50. The van der Waals surface area contributed by atoms with Crippen molar-refractivity contribution in [3.05, 3.63) is 23.3 Å². The van der Waals surface area contributed by atoms with Crippen LogP contribution in [0.5, 0.6) is 11.5 Å². The first-order valence-electron chi connectivity index (χ1n) is 7.94. The van der Waals surface area contributed by atoms with E-state index in [0.717, 1.165) is 44.2 Å². The van der Waals surface area contributed by atoms with Crippen molar-refractivity contribution >= 4 is 0 Å². The smallest absolute Gasteiger partial charge is 0.231 e. The van der Waals surface area contributed by atoms with E-state index in [1.807, 2.05) is 0 Å². The highest BCUT2D eigenvalue weighted by Crippen LogP contribution is 2.39. The van der Waals surface area contributed by atoms with E-state index in [4.69, 9.17) is 9.47 Å². The van der Waals surface area contributed by atoms with Gasteiger partial charge in [0.1, 0.15) is 0 Å². The summed E-state index contributed by atoms with van der Waals surface area (Å²) in [6.45, 7) is 10.4. The maximum Gasteiger partial charge on any atom is 0.231 e. The maximum absolute atomic E-state index is 5.57. The molecule has 1 N–H and O–H groups in total. The predicted molar refractivity (Wildman–Crippen MR) is 80.7 cm³/mol. The number of nitrogens with zero attached hydrogens (tertiary/aromatic N) is 2. The van der Waals surface area contributed by atoms with Crippen molar-refractivity contribution in [2.75, 3.05) is 46.1 Å². The minimum Gasteiger partial charge on any atom is -0.454 e. The van der Waals surface area contributed by atoms with E-state index in [-0.39, 0.29) is 0 Å². The average Bonchev–Trinajstić information content (AvgIpc) is 2.99. The van der Waals surface area contributed by atoms with E-state index in [2.05, 4.69) is 34.2 Å². The number of ether oxygens (including phenoxy) is 2. The molecule has 0 radical (unpaired) electrons. The summed E-state index contributed by atoms with van der Waals surface area (Å²) >= 11 is 0. The summed E-state index contributed by atoms with van der Waals surface area (Å²) < 4.78 is 11.1. The lowest BCUT2D eigenvalue weighted by atomic mass is 9.94. The van der Waals surface area contributed by atoms with Gasteiger partial charge in [-0.2, -0.15) is 0 Å². The van der Waals surface area contributed by atoms with Crippen LogP contribution in [0.2, 0.25) is 0 Å². The molecule has 1 atom stereocenters. The third-order valence-corrected chi connectivity index (χ3v) is 4.94. The molecule has 3 heterocycles. The topological polar surface area (TPSA) is 37.0 Å². The molecule has 0 saturated carbocycles. The third-order valence-electron chi connectivity index (χ3n) is 4.94. The van der Waals surface area contributed by atoms with Crippen LogP contribution < -0.4 is 14.8 Å². The molecule has 1 aromatic carbocycles. The quantitative estimate of drug-likeness (QED) is 0.885. The van der Waals surface area contributed by atoms with Crippen LogP contribution in [0.1, 0.15) is 24.1 Å². The number of piperazine rings is 1. The first kappa shape index (κ1) is 13.4. The Labute approximate surface area is 125 Å². The van der Waals surface area contributed by atoms with Crippen LogP contribution in [0.15, 0.2) is 12.1 Å². The SMILES string of the molecule is CCN1CCN([C@@H]2CNCc3cc4c(cc32)OCO4)CC1. The first-order valence-corrected chi connectivity index (χ1v) is 7.94. The van der Waals surface area contributed by atoms with Crippen molar-refractivity contribution in [1.82, 2.24) is 15.1 Å². The second kappa shape index (κ2) is 5.48. The first-order chi connectivity index (χ1) is 10.3. The summed E-state index contributed by atoms with van der Waals surface area (Å²) in [6, 6.07) is 4.82. The molecule has 0 amide bonds. The number of benzene rings is 1. The molecule has 21 heavy (non-hydrogen) atoms. The standard InChI is InChI=1S/C16H23N3O2/c1-2-18-3-5-19(6-4-18)14-10-17-9-12-7-15-16(8-13(12)14)21-11-20-15/h7-8,14,17H,2-6,9-11H2,1H3/t14-/m1/s1. The molecule has 0 bridgehead atoms. The Balaban J connectivity index is 1.59. The van der Waals surface area contributed by atoms with Crippen molar-refractivity contribution < 1.29 is 9.47 Å². The van der Waals surface area contributed by atoms with Gasteiger partial charge in [0.25, 0.3) is 0 Å². The molecule has 1 aromatic rings. The molecular weight excluding hydrogens is 266 g/mol. The van der Waals surface area contributed by atoms with Gasteiger partial charge >= 0.3 is 0 Å². The van der Waals surface area contributed by atoms with Crippen LogP contribution in [0.4, 0.5) is 0 Å². The van der Waals surface area contributed by atoms with Gasteiger partial charge in [-0.3, -0.25) is 4.90 Å². The molecule has 5 heteroatoms. The summed E-state index contributed by atoms with van der Waals surface area (Å²) in [5, 5.41) is 3.55. The van der Waals surface area contributed by atoms with Crippen LogP contribution in [0.25, 0.3) is 0 Å². The van der Waals surface area contributed by atoms with E-state index in [1.54, 1.807) is 0 Å². The summed E-state index contributed by atoms with van der Waals surface area (Å²) in [7, 11) is 0. The number of nitrogens with one attached hydrogen (secondary N) is 1. The van der Waals surface area contributed by atoms with E-state index in [1.165, 1.54) is 24.2 Å². The predicted octanol–water partition coefficient (Wildman–Crippen LogP) is 1.20. The van der Waals surface area contributed by atoms with Crippen molar-refractivity contribution in [2.24, 2.45) is 0 Å². The molecule has 0 spiro atoms. The van der Waals surface area contributed by atoms with E-state index < -0.39 is 0 Å². The second-order valence-electron chi connectivity index (χ2n) is 6.02. The highest BCUT2D eigenvalue weighted by atomic mass is 16.7. The molecule has 3 aliphatic heterocycles. The van der Waals surface area contributed by atoms with Gasteiger partial charge in [-0.1, -0.05) is 6.92 Å². The van der Waals surface area contributed by atoms with E-state index in [9.17, 15) is 0 Å². The zero-order valence-corrected chi connectivity index (χ0v) is 12.6. The Morgan fingerprint density at radius 1 is 1.14 bits per heavy atom. The Hall–Kier alpha value is -1.30. The average molecular weight is 289 g/mol. The molecule has 114 valence electrons. The fourth-order valence-corrected chi connectivity index (χ4v) is 3.63. The number of rotatable bonds is 2. The van der Waals surface area contributed by atoms with Crippen molar-refractivity contribution in [3.8, 4) is 11.5 Å². The molecule has 1 fully saturated rings. The van der Waals surface area contributed by atoms with E-state index >= 15 is 0 Å². The third kappa shape index (κ3) is 2.39. The number of likely N-dealkylation sites (N-methyl/N-ethyl adjacent to an activating group) is 1. The Morgan fingerprint density at radius 2 is 1.90 bits per heavy atom. The molecule has 0 unspecified atom stereocenters. The monoisotopic (exact) mass is 289 g/mol. The van der Waals surface area contributed by atoms with Gasteiger partial charge in [0.15, 0.2) is 11.5 Å². The van der Waals surface area contributed by atoms with Crippen molar-refractivity contribution in [2.45, 2.75) is 19.5 Å². The Bertz CT molecular complexity index is 526. The van der Waals surface area contributed by atoms with E-state index in [0.29, 0.717) is 12.8 Å². The normalized spacial score (nSPS) is 25.9. The minimum atomic E-state index is 0.353. The van der Waals surface area contributed by atoms with Crippen molar-refractivity contribution in [1.29, 1.82) is 0 Å². The lowest BCUT2D eigenvalue weighted by Crippen LogP contribution is -2.50. The number of hydrogen-bond donors (Lipinski definition) is 1. The molecule has 3 aliphatic rings. The lowest BCUT2D eigenvalue weighted by Gasteiger charge is -2.41. The molecular formula is C16H23N3O2. The lowest BCUT2D eigenvalue weighted by molar-refractivity contribution is 0.0948. The molecule has 5 nitrogen and oxygen atoms in total. The largest absolute Gasteiger partial charge is 0.454 e. The molecule has 1 saturated heterocycles. The summed E-state index contributed by atoms with van der Waals surface area (Å²) in [5.74, 6) is 1.81. The second-order valence-corrected chi connectivity index (χ2v) is 6.02. The van der Waals surface area contributed by atoms with Gasteiger partial charge in [0.2, 0.25) is 6.79 Å². The van der Waals surface area contributed by atoms with Crippen LogP contribution in [0, 0.1) is 0 Å². The Morgan fingerprint density at radius 3 is 2.67 bits per heavy atom. The van der Waals surface area contributed by atoms with Gasteiger partial charge in [-0.05, 0) is 29.8 Å². The fraction of sp³-hybridized carbons (Fsp3) is 0.625. The number of fused-ring (bicyclic) bond motifs is 2. The van der Waals surface area contributed by atoms with Gasteiger partial charge in [0.05, 0.1) is 0 Å². The molecule has 0 aliphatic carbocycles. The van der Waals surface area contributed by atoms with Gasteiger partial charge in [-0.25, -0.2) is 0 Å². The maximum atomic E-state index is 5.57. The highest BCUT2D eigenvalue weighted by Gasteiger charge is 2.30. The van der Waals surface area contributed by atoms with Crippen LogP contribution >= 0.6 is 0 Å². The minimum absolute atomic E-state index is 0.353. The summed E-state index contributed by atoms with van der Waals surface area (Å²) in [4.78, 5) is 5.13. The zero-order chi connectivity index (χ0) is 14.2. The van der Waals surface area contributed by atoms with Crippen molar-refractivity contribution in [3.63, 3.8) is 0 Å². The number of hydrogen-bond acceptors (Lipinski definition) is 5.